The summed E-state index contributed by atoms with van der Waals surface area (Å²) in [7, 11) is 3.17. The van der Waals surface area contributed by atoms with Crippen molar-refractivity contribution in [1.29, 1.82) is 0 Å². The lowest BCUT2D eigenvalue weighted by atomic mass is 10.0. The van der Waals surface area contributed by atoms with Gasteiger partial charge >= 0.3 is 12.2 Å². The molecule has 3 heterocycles. The van der Waals surface area contributed by atoms with E-state index < -0.39 is 17.8 Å². The second-order valence-electron chi connectivity index (χ2n) is 8.29. The Morgan fingerprint density at radius 1 is 1.12 bits per heavy atom. The molecule has 1 saturated heterocycles. The first-order valence-electron chi connectivity index (χ1n) is 10.9. The minimum Gasteiger partial charge on any atom is -0.467 e. The SMILES string of the molecule is COc1nc(N[C@H](C)c2cc(N)cc(C(F)(F)F)c2)c2cc(N3CCC(OC)CC3)ncc2n1. The van der Waals surface area contributed by atoms with Gasteiger partial charge in [0.05, 0.1) is 36.5 Å². The number of hydrogen-bond donors (Lipinski definition) is 2. The number of aromatic nitrogens is 3. The van der Waals surface area contributed by atoms with E-state index in [1.165, 1.54) is 13.2 Å². The van der Waals surface area contributed by atoms with Crippen molar-refractivity contribution in [3.63, 3.8) is 0 Å². The zero-order valence-corrected chi connectivity index (χ0v) is 19.2. The maximum Gasteiger partial charge on any atom is 0.416 e. The van der Waals surface area contributed by atoms with Crippen molar-refractivity contribution in [2.24, 2.45) is 0 Å². The summed E-state index contributed by atoms with van der Waals surface area (Å²) < 4.78 is 50.5. The second kappa shape index (κ2) is 9.49. The molecule has 11 heteroatoms. The Labute approximate surface area is 195 Å². The molecule has 34 heavy (non-hydrogen) atoms. The number of anilines is 3. The van der Waals surface area contributed by atoms with Crippen LogP contribution in [0.25, 0.3) is 10.9 Å². The lowest BCUT2D eigenvalue weighted by Crippen LogP contribution is -2.37. The van der Waals surface area contributed by atoms with Crippen molar-refractivity contribution >= 4 is 28.2 Å². The van der Waals surface area contributed by atoms with E-state index in [1.54, 1.807) is 20.2 Å². The van der Waals surface area contributed by atoms with Gasteiger partial charge in [-0.15, -0.1) is 0 Å². The zero-order chi connectivity index (χ0) is 24.5. The quantitative estimate of drug-likeness (QED) is 0.505. The molecule has 1 aromatic carbocycles. The topological polar surface area (TPSA) is 98.4 Å². The van der Waals surface area contributed by atoms with Crippen molar-refractivity contribution in [3.8, 4) is 6.01 Å². The summed E-state index contributed by atoms with van der Waals surface area (Å²) in [5.41, 5.74) is 5.93. The Morgan fingerprint density at radius 3 is 2.50 bits per heavy atom. The molecule has 0 aliphatic carbocycles. The van der Waals surface area contributed by atoms with Crippen LogP contribution in [0.4, 0.5) is 30.5 Å². The van der Waals surface area contributed by atoms with Crippen molar-refractivity contribution in [3.05, 3.63) is 41.6 Å². The highest BCUT2D eigenvalue weighted by Crippen LogP contribution is 2.34. The molecule has 1 aliphatic heterocycles. The number of hydrogen-bond acceptors (Lipinski definition) is 8. The van der Waals surface area contributed by atoms with Crippen LogP contribution in [0.2, 0.25) is 0 Å². The van der Waals surface area contributed by atoms with E-state index in [0.29, 0.717) is 22.3 Å². The third-order valence-electron chi connectivity index (χ3n) is 5.99. The number of halogens is 3. The average Bonchev–Trinajstić information content (AvgIpc) is 2.82. The molecular formula is C23H27F3N6O2. The summed E-state index contributed by atoms with van der Waals surface area (Å²) in [4.78, 5) is 15.5. The normalized spacial score (nSPS) is 16.0. The number of nitrogens with one attached hydrogen (secondary N) is 1. The van der Waals surface area contributed by atoms with Gasteiger partial charge in [-0.2, -0.15) is 23.1 Å². The fraction of sp³-hybridized carbons (Fsp3) is 0.435. The van der Waals surface area contributed by atoms with Gasteiger partial charge in [0.2, 0.25) is 0 Å². The predicted molar refractivity (Wildman–Crippen MR) is 124 cm³/mol. The summed E-state index contributed by atoms with van der Waals surface area (Å²) in [5.74, 6) is 1.20. The molecule has 0 unspecified atom stereocenters. The van der Waals surface area contributed by atoms with Gasteiger partial charge in [-0.05, 0) is 49.6 Å². The van der Waals surface area contributed by atoms with Crippen molar-refractivity contribution < 1.29 is 22.6 Å². The van der Waals surface area contributed by atoms with Gasteiger partial charge in [-0.25, -0.2) is 4.98 Å². The molecule has 8 nitrogen and oxygen atoms in total. The van der Waals surface area contributed by atoms with Gasteiger partial charge in [-0.3, -0.25) is 0 Å². The van der Waals surface area contributed by atoms with Crippen LogP contribution in [-0.4, -0.2) is 48.4 Å². The largest absolute Gasteiger partial charge is 0.467 e. The highest BCUT2D eigenvalue weighted by molar-refractivity contribution is 5.91. The Hall–Kier alpha value is -3.34. The van der Waals surface area contributed by atoms with Crippen molar-refractivity contribution in [2.75, 3.05) is 43.3 Å². The van der Waals surface area contributed by atoms with E-state index in [1.807, 2.05) is 6.07 Å². The van der Waals surface area contributed by atoms with Crippen molar-refractivity contribution in [1.82, 2.24) is 15.0 Å². The minimum absolute atomic E-state index is 0.0366. The molecule has 0 saturated carbocycles. The van der Waals surface area contributed by atoms with Gasteiger partial charge < -0.3 is 25.4 Å². The summed E-state index contributed by atoms with van der Waals surface area (Å²) in [6.45, 7) is 3.35. The van der Waals surface area contributed by atoms with E-state index in [4.69, 9.17) is 15.2 Å². The Morgan fingerprint density at radius 2 is 1.85 bits per heavy atom. The predicted octanol–water partition coefficient (Wildman–Crippen LogP) is 4.42. The number of piperidine rings is 1. The number of rotatable bonds is 6. The second-order valence-corrected chi connectivity index (χ2v) is 8.29. The highest BCUT2D eigenvalue weighted by Gasteiger charge is 2.31. The molecule has 2 aromatic heterocycles. The Kier molecular flexibility index (Phi) is 6.65. The van der Waals surface area contributed by atoms with Crippen LogP contribution < -0.4 is 20.7 Å². The summed E-state index contributed by atoms with van der Waals surface area (Å²) in [5, 5.41) is 3.89. The molecule has 0 spiro atoms. The summed E-state index contributed by atoms with van der Waals surface area (Å²) in [6.07, 6.45) is -0.814. The maximum atomic E-state index is 13.3. The minimum atomic E-state index is -4.49. The first-order valence-corrected chi connectivity index (χ1v) is 10.9. The summed E-state index contributed by atoms with van der Waals surface area (Å²) >= 11 is 0. The van der Waals surface area contributed by atoms with Crippen LogP contribution >= 0.6 is 0 Å². The lowest BCUT2D eigenvalue weighted by molar-refractivity contribution is -0.137. The molecule has 1 aliphatic rings. The average molecular weight is 477 g/mol. The number of methoxy groups -OCH3 is 2. The molecular weight excluding hydrogens is 449 g/mol. The molecule has 4 rings (SSSR count). The van der Waals surface area contributed by atoms with Crippen LogP contribution in [-0.2, 0) is 10.9 Å². The Bertz CT molecular complexity index is 1170. The van der Waals surface area contributed by atoms with Crippen LogP contribution in [0.1, 0.15) is 36.9 Å². The third kappa shape index (κ3) is 5.09. The van der Waals surface area contributed by atoms with Crippen LogP contribution in [0.15, 0.2) is 30.5 Å². The van der Waals surface area contributed by atoms with Gasteiger partial charge in [-0.1, -0.05) is 0 Å². The van der Waals surface area contributed by atoms with Crippen LogP contribution in [0.5, 0.6) is 6.01 Å². The lowest BCUT2D eigenvalue weighted by Gasteiger charge is -2.32. The molecule has 3 N–H and O–H groups in total. The molecule has 0 radical (unpaired) electrons. The van der Waals surface area contributed by atoms with E-state index in [0.717, 1.165) is 43.9 Å². The molecule has 3 aromatic rings. The van der Waals surface area contributed by atoms with Crippen LogP contribution in [0, 0.1) is 0 Å². The summed E-state index contributed by atoms with van der Waals surface area (Å²) in [6, 6.07) is 5.01. The van der Waals surface area contributed by atoms with Gasteiger partial charge in [0.1, 0.15) is 11.6 Å². The highest BCUT2D eigenvalue weighted by atomic mass is 19.4. The number of nitrogens with two attached hydrogens (primary N) is 1. The fourth-order valence-electron chi connectivity index (χ4n) is 4.07. The zero-order valence-electron chi connectivity index (χ0n) is 19.2. The van der Waals surface area contributed by atoms with Gasteiger partial charge in [0.25, 0.3) is 0 Å². The number of fused-ring (bicyclic) bond motifs is 1. The number of nitrogens with zero attached hydrogens (tertiary/aromatic N) is 4. The maximum absolute atomic E-state index is 13.3. The fourth-order valence-corrected chi connectivity index (χ4v) is 4.07. The van der Waals surface area contributed by atoms with E-state index >= 15 is 0 Å². The first-order chi connectivity index (χ1) is 16.2. The monoisotopic (exact) mass is 476 g/mol. The van der Waals surface area contributed by atoms with Gasteiger partial charge in [0, 0.05) is 31.3 Å². The van der Waals surface area contributed by atoms with Crippen LogP contribution in [0.3, 0.4) is 0 Å². The molecule has 182 valence electrons. The van der Waals surface area contributed by atoms with Crippen molar-refractivity contribution in [2.45, 2.75) is 38.1 Å². The van der Waals surface area contributed by atoms with E-state index in [-0.39, 0.29) is 17.8 Å². The number of nitrogen functional groups attached to an aromatic ring is 1. The Balaban J connectivity index is 1.68. The number of alkyl halides is 3. The smallest absolute Gasteiger partial charge is 0.416 e. The third-order valence-corrected chi connectivity index (χ3v) is 5.99. The standard InChI is InChI=1S/C23H27F3N6O2/c1-13(14-8-15(23(24,25)26)10-16(27)9-14)29-21-18-11-20(32-6-4-17(33-2)5-7-32)28-12-19(18)30-22(31-21)34-3/h8-13,17H,4-7,27H2,1-3H3,(H,29,30,31)/t13-/m1/s1. The number of ether oxygens (including phenoxy) is 2. The van der Waals surface area contributed by atoms with Gasteiger partial charge in [0.15, 0.2) is 0 Å². The molecule has 0 bridgehead atoms. The molecule has 1 fully saturated rings. The molecule has 1 atom stereocenters. The van der Waals surface area contributed by atoms with E-state index in [2.05, 4.69) is 25.2 Å². The first kappa shape index (κ1) is 23.8. The molecule has 0 amide bonds. The number of pyridine rings is 1. The van der Waals surface area contributed by atoms with E-state index in [9.17, 15) is 13.2 Å². The number of benzene rings is 1.